The number of rotatable bonds is 6. The first-order chi connectivity index (χ1) is 9.93. The molecule has 0 radical (unpaired) electrons. The molecule has 1 amide bonds. The maximum Gasteiger partial charge on any atom is 0.336 e. The van der Waals surface area contributed by atoms with Crippen LogP contribution < -0.4 is 0 Å². The number of amides is 1. The van der Waals surface area contributed by atoms with Gasteiger partial charge in [0.05, 0.1) is 11.1 Å². The molecule has 1 aromatic rings. The minimum Gasteiger partial charge on any atom is -0.478 e. The summed E-state index contributed by atoms with van der Waals surface area (Å²) in [4.78, 5) is 25.1. The van der Waals surface area contributed by atoms with E-state index in [2.05, 4.69) is 0 Å². The molecule has 1 aliphatic rings. The molecule has 1 fully saturated rings. The quantitative estimate of drug-likeness (QED) is 0.878. The van der Waals surface area contributed by atoms with Crippen molar-refractivity contribution in [1.82, 2.24) is 4.90 Å². The van der Waals surface area contributed by atoms with Crippen LogP contribution in [0.5, 0.6) is 0 Å². The molecule has 0 spiro atoms. The van der Waals surface area contributed by atoms with E-state index in [-0.39, 0.29) is 5.56 Å². The molecule has 0 bridgehead atoms. The number of carboxylic acids is 1. The summed E-state index contributed by atoms with van der Waals surface area (Å²) in [5.74, 6) is -4.06. The molecule has 1 N–H and O–H groups in total. The van der Waals surface area contributed by atoms with Crippen LogP contribution in [0.1, 0.15) is 46.9 Å². The first-order valence-corrected chi connectivity index (χ1v) is 6.95. The highest BCUT2D eigenvalue weighted by molar-refractivity contribution is 6.04. The standard InChI is InChI=1S/C15H17F2NO3/c1-2-5-18(8-9-3-4-9)14(19)10-6-12(16)13(17)7-11(10)15(20)21/h6-7,9H,2-5,8H2,1H3,(H,20,21). The zero-order valence-corrected chi connectivity index (χ0v) is 11.7. The normalized spacial score (nSPS) is 14.0. The molecule has 0 unspecified atom stereocenters. The van der Waals surface area contributed by atoms with Crippen molar-refractivity contribution in [2.45, 2.75) is 26.2 Å². The van der Waals surface area contributed by atoms with Gasteiger partial charge >= 0.3 is 5.97 Å². The number of carbonyl (C=O) groups is 2. The molecule has 1 saturated carbocycles. The summed E-state index contributed by atoms with van der Waals surface area (Å²) < 4.78 is 26.6. The number of carbonyl (C=O) groups excluding carboxylic acids is 1. The van der Waals surface area contributed by atoms with Gasteiger partial charge in [-0.25, -0.2) is 13.6 Å². The van der Waals surface area contributed by atoms with Gasteiger partial charge in [0.15, 0.2) is 11.6 Å². The van der Waals surface area contributed by atoms with Crippen molar-refractivity contribution < 1.29 is 23.5 Å². The fourth-order valence-electron chi connectivity index (χ4n) is 2.23. The third kappa shape index (κ3) is 3.56. The lowest BCUT2D eigenvalue weighted by Gasteiger charge is -2.23. The Labute approximate surface area is 121 Å². The van der Waals surface area contributed by atoms with Crippen LogP contribution in [0.3, 0.4) is 0 Å². The van der Waals surface area contributed by atoms with E-state index in [9.17, 15) is 18.4 Å². The summed E-state index contributed by atoms with van der Waals surface area (Å²) >= 11 is 0. The zero-order chi connectivity index (χ0) is 15.6. The number of halogens is 2. The Kier molecular flexibility index (Phi) is 4.55. The first-order valence-electron chi connectivity index (χ1n) is 6.95. The van der Waals surface area contributed by atoms with Crippen LogP contribution in [0.25, 0.3) is 0 Å². The zero-order valence-electron chi connectivity index (χ0n) is 11.7. The van der Waals surface area contributed by atoms with Gasteiger partial charge in [0.1, 0.15) is 0 Å². The van der Waals surface area contributed by atoms with E-state index >= 15 is 0 Å². The second kappa shape index (κ2) is 6.20. The van der Waals surface area contributed by atoms with Gasteiger partial charge in [-0.1, -0.05) is 6.92 Å². The minimum absolute atomic E-state index is 0.296. The van der Waals surface area contributed by atoms with E-state index in [1.54, 1.807) is 0 Å². The predicted octanol–water partition coefficient (Wildman–Crippen LogP) is 2.93. The van der Waals surface area contributed by atoms with Crippen molar-refractivity contribution >= 4 is 11.9 Å². The average molecular weight is 297 g/mol. The molecule has 21 heavy (non-hydrogen) atoms. The van der Waals surface area contributed by atoms with E-state index in [1.807, 2.05) is 6.92 Å². The topological polar surface area (TPSA) is 57.6 Å². The van der Waals surface area contributed by atoms with E-state index in [0.29, 0.717) is 37.6 Å². The van der Waals surface area contributed by atoms with Gasteiger partial charge in [-0.05, 0) is 37.3 Å². The highest BCUT2D eigenvalue weighted by Crippen LogP contribution is 2.30. The minimum atomic E-state index is -1.44. The summed E-state index contributed by atoms with van der Waals surface area (Å²) in [7, 11) is 0. The Hall–Kier alpha value is -1.98. The molecular weight excluding hydrogens is 280 g/mol. The van der Waals surface area contributed by atoms with Crippen molar-refractivity contribution in [1.29, 1.82) is 0 Å². The molecule has 1 aromatic carbocycles. The summed E-state index contributed by atoms with van der Waals surface area (Å²) in [6.07, 6.45) is 2.79. The lowest BCUT2D eigenvalue weighted by Crippen LogP contribution is -2.34. The van der Waals surface area contributed by atoms with Crippen molar-refractivity contribution in [3.8, 4) is 0 Å². The molecule has 0 aromatic heterocycles. The van der Waals surface area contributed by atoms with E-state index in [4.69, 9.17) is 5.11 Å². The molecular formula is C15H17F2NO3. The fourth-order valence-corrected chi connectivity index (χ4v) is 2.23. The molecule has 114 valence electrons. The Morgan fingerprint density at radius 3 is 2.29 bits per heavy atom. The van der Waals surface area contributed by atoms with Gasteiger partial charge in [0, 0.05) is 13.1 Å². The van der Waals surface area contributed by atoms with Crippen LogP contribution in [0.2, 0.25) is 0 Å². The summed E-state index contributed by atoms with van der Waals surface area (Å²) in [5, 5.41) is 9.08. The Balaban J connectivity index is 2.34. The Morgan fingerprint density at radius 2 is 1.81 bits per heavy atom. The average Bonchev–Trinajstić information content (AvgIpc) is 3.24. The number of nitrogens with zero attached hydrogens (tertiary/aromatic N) is 1. The third-order valence-corrected chi connectivity index (χ3v) is 3.48. The summed E-state index contributed by atoms with van der Waals surface area (Å²) in [6.45, 7) is 2.90. The maximum absolute atomic E-state index is 13.4. The molecule has 4 nitrogen and oxygen atoms in total. The Bertz CT molecular complexity index is 570. The number of hydrogen-bond acceptors (Lipinski definition) is 2. The van der Waals surface area contributed by atoms with E-state index in [0.717, 1.165) is 12.8 Å². The van der Waals surface area contributed by atoms with Crippen molar-refractivity contribution in [3.63, 3.8) is 0 Å². The lowest BCUT2D eigenvalue weighted by atomic mass is 10.1. The fraction of sp³-hybridized carbons (Fsp3) is 0.467. The van der Waals surface area contributed by atoms with Crippen LogP contribution in [0.15, 0.2) is 12.1 Å². The van der Waals surface area contributed by atoms with Crippen LogP contribution in [-0.4, -0.2) is 35.0 Å². The predicted molar refractivity (Wildman–Crippen MR) is 72.2 cm³/mol. The first kappa shape index (κ1) is 15.4. The molecule has 6 heteroatoms. The van der Waals surface area contributed by atoms with Crippen molar-refractivity contribution in [3.05, 3.63) is 34.9 Å². The molecule has 0 saturated heterocycles. The van der Waals surface area contributed by atoms with E-state index < -0.39 is 29.1 Å². The molecule has 2 rings (SSSR count). The van der Waals surface area contributed by atoms with Gasteiger partial charge in [-0.2, -0.15) is 0 Å². The SMILES string of the molecule is CCCN(CC1CC1)C(=O)c1cc(F)c(F)cc1C(=O)O. The second-order valence-electron chi connectivity index (χ2n) is 5.31. The van der Waals surface area contributed by atoms with Gasteiger partial charge in [0.25, 0.3) is 5.91 Å². The highest BCUT2D eigenvalue weighted by atomic mass is 19.2. The van der Waals surface area contributed by atoms with Crippen LogP contribution >= 0.6 is 0 Å². The van der Waals surface area contributed by atoms with Gasteiger partial charge in [-0.15, -0.1) is 0 Å². The summed E-state index contributed by atoms with van der Waals surface area (Å²) in [6, 6.07) is 1.24. The third-order valence-electron chi connectivity index (χ3n) is 3.48. The molecule has 0 aliphatic heterocycles. The number of benzene rings is 1. The largest absolute Gasteiger partial charge is 0.478 e. The Morgan fingerprint density at radius 1 is 1.24 bits per heavy atom. The van der Waals surface area contributed by atoms with Gasteiger partial charge in [0.2, 0.25) is 0 Å². The van der Waals surface area contributed by atoms with Crippen molar-refractivity contribution in [2.75, 3.05) is 13.1 Å². The molecule has 1 aliphatic carbocycles. The van der Waals surface area contributed by atoms with Gasteiger partial charge < -0.3 is 10.0 Å². The van der Waals surface area contributed by atoms with Crippen LogP contribution in [0.4, 0.5) is 8.78 Å². The maximum atomic E-state index is 13.4. The lowest BCUT2D eigenvalue weighted by molar-refractivity contribution is 0.0672. The molecule has 0 atom stereocenters. The summed E-state index contributed by atoms with van der Waals surface area (Å²) in [5.41, 5.74) is -0.800. The number of aromatic carboxylic acids is 1. The smallest absolute Gasteiger partial charge is 0.336 e. The molecule has 0 heterocycles. The number of hydrogen-bond donors (Lipinski definition) is 1. The number of carboxylic acid groups (broad SMARTS) is 1. The van der Waals surface area contributed by atoms with Crippen molar-refractivity contribution in [2.24, 2.45) is 5.92 Å². The highest BCUT2D eigenvalue weighted by Gasteiger charge is 2.29. The van der Waals surface area contributed by atoms with Crippen LogP contribution in [-0.2, 0) is 0 Å². The van der Waals surface area contributed by atoms with Gasteiger partial charge in [-0.3, -0.25) is 4.79 Å². The second-order valence-corrected chi connectivity index (χ2v) is 5.31. The monoisotopic (exact) mass is 297 g/mol. The van der Waals surface area contributed by atoms with Crippen LogP contribution in [0, 0.1) is 17.6 Å². The van der Waals surface area contributed by atoms with E-state index in [1.165, 1.54) is 4.90 Å².